The Morgan fingerprint density at radius 3 is 2.11 bits per heavy atom. The maximum atomic E-state index is 12.9. The zero-order valence-electron chi connectivity index (χ0n) is 9.40. The van der Waals surface area contributed by atoms with Crippen molar-refractivity contribution in [3.05, 3.63) is 57.7 Å². The second-order valence-corrected chi connectivity index (χ2v) is 6.53. The van der Waals surface area contributed by atoms with Gasteiger partial charge >= 0.3 is 0 Å². The van der Waals surface area contributed by atoms with Crippen LogP contribution in [0.3, 0.4) is 0 Å². The number of anilines is 1. The third-order valence-corrected chi connectivity index (χ3v) is 4.57. The van der Waals surface area contributed by atoms with E-state index in [1.165, 1.54) is 12.1 Å². The molecule has 2 aromatic carbocycles. The van der Waals surface area contributed by atoms with Gasteiger partial charge in [-0.1, -0.05) is 0 Å². The van der Waals surface area contributed by atoms with Crippen molar-refractivity contribution in [3.8, 4) is 0 Å². The summed E-state index contributed by atoms with van der Waals surface area (Å²) < 4.78 is 52.5. The first kappa shape index (κ1) is 14.2. The highest BCUT2D eigenvalue weighted by Gasteiger charge is 2.15. The van der Waals surface area contributed by atoms with Gasteiger partial charge in [-0.15, -0.1) is 0 Å². The molecule has 0 fully saturated rings. The summed E-state index contributed by atoms with van der Waals surface area (Å²) in [4.78, 5) is -0.0611. The Morgan fingerprint density at radius 1 is 0.947 bits per heavy atom. The summed E-state index contributed by atoms with van der Waals surface area (Å²) >= 11 is 1.82. The fourth-order valence-corrected chi connectivity index (χ4v) is 3.26. The van der Waals surface area contributed by atoms with Gasteiger partial charge < -0.3 is 0 Å². The van der Waals surface area contributed by atoms with Crippen molar-refractivity contribution >= 4 is 38.3 Å². The Hall–Kier alpha value is -1.22. The van der Waals surface area contributed by atoms with Gasteiger partial charge in [0.25, 0.3) is 10.0 Å². The molecule has 1 N–H and O–H groups in total. The lowest BCUT2D eigenvalue weighted by molar-refractivity contribution is 0.599. The molecule has 7 heteroatoms. The van der Waals surface area contributed by atoms with E-state index in [-0.39, 0.29) is 10.6 Å². The maximum Gasteiger partial charge on any atom is 0.261 e. The number of hydrogen-bond acceptors (Lipinski definition) is 2. The number of rotatable bonds is 3. The fourth-order valence-electron chi connectivity index (χ4n) is 1.39. The van der Waals surface area contributed by atoms with Crippen molar-refractivity contribution in [1.82, 2.24) is 0 Å². The van der Waals surface area contributed by atoms with Gasteiger partial charge in [0.1, 0.15) is 11.6 Å². The molecule has 0 heterocycles. The summed E-state index contributed by atoms with van der Waals surface area (Å²) in [6.45, 7) is 0. The zero-order valence-corrected chi connectivity index (χ0v) is 12.4. The minimum Gasteiger partial charge on any atom is -0.279 e. The lowest BCUT2D eigenvalue weighted by Gasteiger charge is -2.09. The summed E-state index contributed by atoms with van der Waals surface area (Å²) in [7, 11) is -3.81. The highest BCUT2D eigenvalue weighted by molar-refractivity contribution is 14.1. The van der Waals surface area contributed by atoms with E-state index in [1.807, 2.05) is 22.6 Å². The second kappa shape index (κ2) is 5.41. The molecule has 0 aliphatic carbocycles. The van der Waals surface area contributed by atoms with Crippen LogP contribution in [-0.2, 0) is 10.0 Å². The molecule has 0 radical (unpaired) electrons. The highest BCUT2D eigenvalue weighted by Crippen LogP contribution is 2.22. The normalized spacial score (nSPS) is 11.3. The van der Waals surface area contributed by atoms with Crippen molar-refractivity contribution in [2.24, 2.45) is 0 Å². The van der Waals surface area contributed by atoms with Crippen molar-refractivity contribution in [3.63, 3.8) is 0 Å². The Balaban J connectivity index is 2.33. The van der Waals surface area contributed by atoms with E-state index in [0.29, 0.717) is 3.57 Å². The highest BCUT2D eigenvalue weighted by atomic mass is 127. The summed E-state index contributed by atoms with van der Waals surface area (Å²) in [6, 6.07) is 8.14. The van der Waals surface area contributed by atoms with Gasteiger partial charge in [0, 0.05) is 3.57 Å². The third-order valence-electron chi connectivity index (χ3n) is 2.30. The van der Waals surface area contributed by atoms with E-state index in [4.69, 9.17) is 0 Å². The van der Waals surface area contributed by atoms with Gasteiger partial charge in [0.15, 0.2) is 0 Å². The molecule has 0 amide bonds. The molecule has 0 spiro atoms. The minimum absolute atomic E-state index is 0.0611. The molecule has 0 saturated heterocycles. The van der Waals surface area contributed by atoms with Crippen LogP contribution in [-0.4, -0.2) is 8.42 Å². The predicted octanol–water partition coefficient (Wildman–Crippen LogP) is 3.37. The van der Waals surface area contributed by atoms with E-state index in [9.17, 15) is 17.2 Å². The fraction of sp³-hybridized carbons (Fsp3) is 0. The second-order valence-electron chi connectivity index (χ2n) is 3.68. The monoisotopic (exact) mass is 395 g/mol. The molecule has 19 heavy (non-hydrogen) atoms. The number of halogens is 3. The first-order valence-electron chi connectivity index (χ1n) is 5.12. The molecule has 2 aromatic rings. The van der Waals surface area contributed by atoms with E-state index < -0.39 is 21.7 Å². The molecule has 0 aromatic heterocycles. The zero-order chi connectivity index (χ0) is 14.0. The number of hydrogen-bond donors (Lipinski definition) is 1. The Labute approximate surface area is 122 Å². The molecular formula is C12H8F2INO2S. The molecule has 2 rings (SSSR count). The Morgan fingerprint density at radius 2 is 1.53 bits per heavy atom. The minimum atomic E-state index is -3.81. The molecule has 0 atom stereocenters. The van der Waals surface area contributed by atoms with Crippen LogP contribution in [0.1, 0.15) is 0 Å². The molecule has 0 saturated carbocycles. The van der Waals surface area contributed by atoms with Gasteiger partial charge in [-0.25, -0.2) is 17.2 Å². The Bertz CT molecular complexity index is 702. The SMILES string of the molecule is O=S(=O)(Nc1ccc(F)cc1I)c1ccc(F)cc1. The molecule has 3 nitrogen and oxygen atoms in total. The molecule has 0 aliphatic heterocycles. The standard InChI is InChI=1S/C12H8F2INO2S/c13-8-1-4-10(5-2-8)19(17,18)16-12-6-3-9(14)7-11(12)15/h1-7,16H. The van der Waals surface area contributed by atoms with Crippen LogP contribution in [0.25, 0.3) is 0 Å². The van der Waals surface area contributed by atoms with Crippen LogP contribution in [0.5, 0.6) is 0 Å². The largest absolute Gasteiger partial charge is 0.279 e. The number of benzene rings is 2. The van der Waals surface area contributed by atoms with Crippen LogP contribution in [0.2, 0.25) is 0 Å². The van der Waals surface area contributed by atoms with Crippen LogP contribution in [0.4, 0.5) is 14.5 Å². The van der Waals surface area contributed by atoms with Gasteiger partial charge in [-0.2, -0.15) is 0 Å². The van der Waals surface area contributed by atoms with Crippen molar-refractivity contribution in [2.75, 3.05) is 4.72 Å². The van der Waals surface area contributed by atoms with Gasteiger partial charge in [0.05, 0.1) is 10.6 Å². The van der Waals surface area contributed by atoms with E-state index in [2.05, 4.69) is 4.72 Å². The molecular weight excluding hydrogens is 387 g/mol. The van der Waals surface area contributed by atoms with E-state index in [1.54, 1.807) is 0 Å². The predicted molar refractivity (Wildman–Crippen MR) is 76.3 cm³/mol. The number of nitrogens with one attached hydrogen (secondary N) is 1. The van der Waals surface area contributed by atoms with Gasteiger partial charge in [-0.3, -0.25) is 4.72 Å². The van der Waals surface area contributed by atoms with Crippen molar-refractivity contribution in [1.29, 1.82) is 0 Å². The molecule has 0 bridgehead atoms. The average Bonchev–Trinajstić information content (AvgIpc) is 2.33. The quantitative estimate of drug-likeness (QED) is 0.811. The lowest BCUT2D eigenvalue weighted by atomic mass is 10.3. The van der Waals surface area contributed by atoms with Crippen molar-refractivity contribution < 1.29 is 17.2 Å². The van der Waals surface area contributed by atoms with Gasteiger partial charge in [0.2, 0.25) is 0 Å². The van der Waals surface area contributed by atoms with Gasteiger partial charge in [-0.05, 0) is 65.1 Å². The first-order valence-corrected chi connectivity index (χ1v) is 7.68. The lowest BCUT2D eigenvalue weighted by Crippen LogP contribution is -2.13. The summed E-state index contributed by atoms with van der Waals surface area (Å²) in [6.07, 6.45) is 0. The van der Waals surface area contributed by atoms with Crippen LogP contribution in [0.15, 0.2) is 47.4 Å². The third kappa shape index (κ3) is 3.41. The topological polar surface area (TPSA) is 46.2 Å². The summed E-state index contributed by atoms with van der Waals surface area (Å²) in [5.74, 6) is -0.968. The number of sulfonamides is 1. The summed E-state index contributed by atoms with van der Waals surface area (Å²) in [5.41, 5.74) is 0.270. The van der Waals surface area contributed by atoms with Crippen LogP contribution >= 0.6 is 22.6 Å². The summed E-state index contributed by atoms with van der Waals surface area (Å²) in [5, 5.41) is 0. The molecule has 100 valence electrons. The Kier molecular flexibility index (Phi) is 4.04. The smallest absolute Gasteiger partial charge is 0.261 e. The van der Waals surface area contributed by atoms with E-state index >= 15 is 0 Å². The van der Waals surface area contributed by atoms with Crippen LogP contribution < -0.4 is 4.72 Å². The van der Waals surface area contributed by atoms with E-state index in [0.717, 1.165) is 30.3 Å². The molecule has 0 aliphatic rings. The molecule has 0 unspecified atom stereocenters. The van der Waals surface area contributed by atoms with Crippen LogP contribution in [0, 0.1) is 15.2 Å². The average molecular weight is 395 g/mol. The maximum absolute atomic E-state index is 12.9. The van der Waals surface area contributed by atoms with Crippen molar-refractivity contribution in [2.45, 2.75) is 4.90 Å². The first-order chi connectivity index (χ1) is 8.88.